The molecule has 0 heterocycles. The molecule has 1 unspecified atom stereocenters. The third-order valence-corrected chi connectivity index (χ3v) is 11.8. The Labute approximate surface area is 443 Å². The number of hydrogen-bond acceptors (Lipinski definition) is 5. The second kappa shape index (κ2) is 60.8. The van der Waals surface area contributed by atoms with Gasteiger partial charge in [-0.05, 0) is 122 Å². The van der Waals surface area contributed by atoms with Crippen molar-refractivity contribution < 1.29 is 24.2 Å². The lowest BCUT2D eigenvalue weighted by atomic mass is 10.0. The Morgan fingerprint density at radius 3 is 0.833 bits per heavy atom. The minimum atomic E-state index is -0.795. The molecule has 1 N–H and O–H groups in total. The Kier molecular flexibility index (Phi) is 57.0. The highest BCUT2D eigenvalue weighted by Crippen LogP contribution is 2.14. The van der Waals surface area contributed by atoms with Crippen LogP contribution in [0.25, 0.3) is 0 Å². The molecule has 0 saturated heterocycles. The molecule has 0 aliphatic rings. The molecular weight excluding hydrogens is 885 g/mol. The lowest BCUT2D eigenvalue weighted by molar-refractivity contribution is -0.161. The molecule has 0 aromatic heterocycles. The maximum atomic E-state index is 12.3. The van der Waals surface area contributed by atoms with Crippen molar-refractivity contribution in [2.45, 2.75) is 238 Å². The summed E-state index contributed by atoms with van der Waals surface area (Å²) in [7, 11) is 0. The van der Waals surface area contributed by atoms with Gasteiger partial charge in [0, 0.05) is 12.8 Å². The largest absolute Gasteiger partial charge is 0.462 e. The van der Waals surface area contributed by atoms with Gasteiger partial charge < -0.3 is 14.6 Å². The number of allylic oxidation sites excluding steroid dienone is 26. The first-order valence-corrected chi connectivity index (χ1v) is 29.0. The maximum Gasteiger partial charge on any atom is 0.306 e. The fraction of sp³-hybridized carbons (Fsp3) is 0.582. The second-order valence-electron chi connectivity index (χ2n) is 18.6. The molecular formula is C67H106O5. The molecule has 0 saturated carbocycles. The highest BCUT2D eigenvalue weighted by atomic mass is 16.6. The Bertz CT molecular complexity index is 1590. The van der Waals surface area contributed by atoms with Crippen LogP contribution < -0.4 is 0 Å². The minimum absolute atomic E-state index is 0.0838. The second-order valence-corrected chi connectivity index (χ2v) is 18.6. The first-order chi connectivity index (χ1) is 35.6. The fourth-order valence-electron chi connectivity index (χ4n) is 7.54. The van der Waals surface area contributed by atoms with Gasteiger partial charge in [-0.15, -0.1) is 0 Å². The lowest BCUT2D eigenvalue weighted by Gasteiger charge is -2.15. The van der Waals surface area contributed by atoms with Crippen LogP contribution in [0, 0.1) is 0 Å². The Morgan fingerprint density at radius 2 is 0.556 bits per heavy atom. The summed E-state index contributed by atoms with van der Waals surface area (Å²) in [5, 5.41) is 9.66. The van der Waals surface area contributed by atoms with Crippen LogP contribution >= 0.6 is 0 Å². The van der Waals surface area contributed by atoms with E-state index in [1.807, 2.05) is 0 Å². The summed E-state index contributed by atoms with van der Waals surface area (Å²) in [6, 6.07) is 0. The van der Waals surface area contributed by atoms with Gasteiger partial charge in [0.2, 0.25) is 0 Å². The number of carbonyl (C=O) groups excluding carboxylic acids is 2. The first-order valence-electron chi connectivity index (χ1n) is 29.0. The van der Waals surface area contributed by atoms with E-state index in [0.29, 0.717) is 12.8 Å². The van der Waals surface area contributed by atoms with Crippen molar-refractivity contribution in [1.82, 2.24) is 0 Å². The van der Waals surface area contributed by atoms with Crippen molar-refractivity contribution in [1.29, 1.82) is 0 Å². The zero-order chi connectivity index (χ0) is 52.0. The van der Waals surface area contributed by atoms with Crippen molar-refractivity contribution in [3.63, 3.8) is 0 Å². The molecule has 0 bridgehead atoms. The molecule has 404 valence electrons. The van der Waals surface area contributed by atoms with Gasteiger partial charge >= 0.3 is 11.9 Å². The average molecular weight is 992 g/mol. The molecule has 5 heteroatoms. The molecule has 0 aliphatic heterocycles. The summed E-state index contributed by atoms with van der Waals surface area (Å²) in [6.45, 7) is 3.89. The number of unbranched alkanes of at least 4 members (excludes halogenated alkanes) is 17. The fourth-order valence-corrected chi connectivity index (χ4v) is 7.54. The summed E-state index contributed by atoms with van der Waals surface area (Å²) < 4.78 is 10.7. The molecule has 0 fully saturated rings. The number of aliphatic hydroxyl groups excluding tert-OH is 1. The first kappa shape index (κ1) is 67.5. The summed E-state index contributed by atoms with van der Waals surface area (Å²) >= 11 is 0. The van der Waals surface area contributed by atoms with Crippen LogP contribution in [-0.2, 0) is 19.1 Å². The van der Waals surface area contributed by atoms with Crippen molar-refractivity contribution in [3.8, 4) is 0 Å². The highest BCUT2D eigenvalue weighted by Gasteiger charge is 2.16. The maximum absolute atomic E-state index is 12.3. The molecule has 72 heavy (non-hydrogen) atoms. The monoisotopic (exact) mass is 991 g/mol. The Morgan fingerprint density at radius 1 is 0.319 bits per heavy atom. The number of aliphatic hydroxyl groups is 1. The number of ether oxygens (including phenoxy) is 2. The van der Waals surface area contributed by atoms with E-state index in [9.17, 15) is 14.7 Å². The van der Waals surface area contributed by atoms with Crippen molar-refractivity contribution in [2.75, 3.05) is 13.2 Å². The third-order valence-electron chi connectivity index (χ3n) is 11.8. The van der Waals surface area contributed by atoms with Crippen LogP contribution in [0.1, 0.15) is 232 Å². The SMILES string of the molecule is CC/C=C\C/C=C\C/C=C\C/C=C\C/C=C\C/C=C\C/C=C\C/C=C\CCCCCCCCC(=O)OC(CO)COC(=O)CCCCCCCCCCCCC/C=C\C/C=C\C/C=C\C/C=C\C/C=C\CC. The smallest absolute Gasteiger partial charge is 0.306 e. The van der Waals surface area contributed by atoms with Gasteiger partial charge in [0.1, 0.15) is 6.61 Å². The molecule has 0 aromatic carbocycles. The quantitative estimate of drug-likeness (QED) is 0.0373. The molecule has 5 nitrogen and oxygen atoms in total. The zero-order valence-electron chi connectivity index (χ0n) is 46.1. The minimum Gasteiger partial charge on any atom is -0.462 e. The van der Waals surface area contributed by atoms with Crippen molar-refractivity contribution in [2.24, 2.45) is 0 Å². The standard InChI is InChI=1S/C67H106O5/c1-3-5-7-9-11-13-15-17-19-21-23-25-27-29-31-32-33-34-36-38-40-42-44-46-48-50-52-54-56-58-60-62-67(70)72-65(63-68)64-71-66(69)61-59-57-55-53-51-49-47-45-43-41-39-37-35-30-28-26-24-22-20-18-16-14-12-10-8-6-4-2/h5-8,11-14,17-20,23-26,29-31,33-35,38,40,44,46,65,68H,3-4,9-10,15-16,21-22,27-28,32,36-37,39,41-43,45,47-64H2,1-2H3/b7-5-,8-6-,13-11-,14-12-,19-17-,20-18-,25-23-,26-24-,31-29-,34-33-,35-30-,40-38-,46-44-. The van der Waals surface area contributed by atoms with E-state index in [4.69, 9.17) is 9.47 Å². The van der Waals surface area contributed by atoms with E-state index in [2.05, 4.69) is 172 Å². The van der Waals surface area contributed by atoms with Gasteiger partial charge in [0.15, 0.2) is 6.10 Å². The van der Waals surface area contributed by atoms with Crippen LogP contribution in [0.3, 0.4) is 0 Å². The van der Waals surface area contributed by atoms with E-state index in [-0.39, 0.29) is 25.2 Å². The van der Waals surface area contributed by atoms with Gasteiger partial charge in [-0.1, -0.05) is 255 Å². The number of rotatable bonds is 51. The van der Waals surface area contributed by atoms with Crippen molar-refractivity contribution in [3.05, 3.63) is 158 Å². The topological polar surface area (TPSA) is 72.8 Å². The van der Waals surface area contributed by atoms with Gasteiger partial charge in [-0.3, -0.25) is 9.59 Å². The third kappa shape index (κ3) is 58.1. The Hall–Kier alpha value is -4.48. The molecule has 0 aliphatic carbocycles. The van der Waals surface area contributed by atoms with Gasteiger partial charge in [0.25, 0.3) is 0 Å². The predicted molar refractivity (Wildman–Crippen MR) is 315 cm³/mol. The van der Waals surface area contributed by atoms with Crippen LogP contribution in [0.4, 0.5) is 0 Å². The molecule has 0 radical (unpaired) electrons. The summed E-state index contributed by atoms with van der Waals surface area (Å²) in [4.78, 5) is 24.6. The van der Waals surface area contributed by atoms with Gasteiger partial charge in [-0.2, -0.15) is 0 Å². The van der Waals surface area contributed by atoms with E-state index in [1.165, 1.54) is 70.6 Å². The van der Waals surface area contributed by atoms with E-state index >= 15 is 0 Å². The number of carbonyl (C=O) groups is 2. The molecule has 0 spiro atoms. The highest BCUT2D eigenvalue weighted by molar-refractivity contribution is 5.70. The van der Waals surface area contributed by atoms with Crippen molar-refractivity contribution >= 4 is 11.9 Å². The van der Waals surface area contributed by atoms with Gasteiger partial charge in [-0.25, -0.2) is 0 Å². The zero-order valence-corrected chi connectivity index (χ0v) is 46.1. The lowest BCUT2D eigenvalue weighted by Crippen LogP contribution is -2.28. The number of esters is 2. The number of hydrogen-bond donors (Lipinski definition) is 1. The van der Waals surface area contributed by atoms with E-state index < -0.39 is 6.10 Å². The predicted octanol–water partition coefficient (Wildman–Crippen LogP) is 20.0. The summed E-state index contributed by atoms with van der Waals surface area (Å²) in [6.07, 6.45) is 93.5. The van der Waals surface area contributed by atoms with Crippen LogP contribution in [0.15, 0.2) is 158 Å². The Balaban J connectivity index is 3.61. The molecule has 0 aromatic rings. The van der Waals surface area contributed by atoms with E-state index in [1.54, 1.807) is 0 Å². The summed E-state index contributed by atoms with van der Waals surface area (Å²) in [5.41, 5.74) is 0. The van der Waals surface area contributed by atoms with Crippen LogP contribution in [-0.4, -0.2) is 36.4 Å². The van der Waals surface area contributed by atoms with Crippen LogP contribution in [0.5, 0.6) is 0 Å². The normalized spacial score (nSPS) is 13.4. The van der Waals surface area contributed by atoms with Gasteiger partial charge in [0.05, 0.1) is 6.61 Å². The molecule has 0 rings (SSSR count). The average Bonchev–Trinajstić information content (AvgIpc) is 3.38. The molecule has 0 amide bonds. The molecule has 1 atom stereocenters. The van der Waals surface area contributed by atoms with Crippen LogP contribution in [0.2, 0.25) is 0 Å². The summed E-state index contributed by atoms with van der Waals surface area (Å²) in [5.74, 6) is -0.621. The van der Waals surface area contributed by atoms with E-state index in [0.717, 1.165) is 135 Å².